The average molecular weight is 380 g/mol. The molecule has 0 aromatic carbocycles. The van der Waals surface area contributed by atoms with Crippen molar-refractivity contribution in [2.75, 3.05) is 6.61 Å². The van der Waals surface area contributed by atoms with Crippen LogP contribution in [-0.4, -0.2) is 51.9 Å². The number of hydrogen-bond donors (Lipinski definition) is 1. The van der Waals surface area contributed by atoms with Gasteiger partial charge >= 0.3 is 7.05 Å². The fraction of sp³-hybridized carbons (Fsp3) is 0.556. The maximum Gasteiger partial charge on any atom is 0.376 e. The van der Waals surface area contributed by atoms with Gasteiger partial charge in [0.05, 0.1) is 0 Å². The summed E-state index contributed by atoms with van der Waals surface area (Å²) in [7, 11) is -0.653. The molecule has 0 spiro atoms. The van der Waals surface area contributed by atoms with Gasteiger partial charge in [-0.15, -0.1) is 10.2 Å². The molecule has 1 unspecified atom stereocenters. The van der Waals surface area contributed by atoms with Gasteiger partial charge in [0.15, 0.2) is 10.9 Å². The zero-order valence-electron chi connectivity index (χ0n) is 14.9. The van der Waals surface area contributed by atoms with E-state index in [0.717, 1.165) is 19.3 Å². The van der Waals surface area contributed by atoms with E-state index in [1.54, 1.807) is 19.0 Å². The Balaban J connectivity index is 1.88. The Morgan fingerprint density at radius 1 is 1.54 bits per heavy atom. The average Bonchev–Trinajstić information content (AvgIpc) is 2.62. The normalized spacial score (nSPS) is 28.5. The molecule has 4 atom stereocenters. The molecule has 140 valence electrons. The Labute approximate surface area is 159 Å². The van der Waals surface area contributed by atoms with Crippen molar-refractivity contribution in [3.63, 3.8) is 0 Å². The van der Waals surface area contributed by atoms with Crippen molar-refractivity contribution >= 4 is 24.2 Å². The number of alkyl halides is 1. The van der Waals surface area contributed by atoms with Crippen molar-refractivity contribution in [1.82, 2.24) is 15.0 Å². The summed E-state index contributed by atoms with van der Waals surface area (Å²) in [5, 5.41) is 18.3. The van der Waals surface area contributed by atoms with Crippen molar-refractivity contribution in [2.24, 2.45) is 5.92 Å². The second kappa shape index (κ2) is 8.07. The van der Waals surface area contributed by atoms with Crippen LogP contribution in [0.3, 0.4) is 0 Å². The molecular formula is C18H24BClFN3O2. The highest BCUT2D eigenvalue weighted by molar-refractivity contribution is 6.45. The third-order valence-electron chi connectivity index (χ3n) is 5.39. The van der Waals surface area contributed by atoms with Crippen molar-refractivity contribution in [1.29, 1.82) is 0 Å². The quantitative estimate of drug-likeness (QED) is 0.606. The fourth-order valence-corrected chi connectivity index (χ4v) is 4.45. The molecule has 0 amide bonds. The monoisotopic (exact) mass is 379 g/mol. The maximum atomic E-state index is 15.4. The van der Waals surface area contributed by atoms with E-state index >= 15 is 4.39 Å². The largest absolute Gasteiger partial charge is 0.487 e. The third-order valence-corrected chi connectivity index (χ3v) is 5.57. The molecule has 2 aliphatic heterocycles. The molecule has 2 saturated heterocycles. The first-order valence-electron chi connectivity index (χ1n) is 8.99. The zero-order chi connectivity index (χ0) is 18.8. The first kappa shape index (κ1) is 19.3. The predicted molar refractivity (Wildman–Crippen MR) is 102 cm³/mol. The molecule has 2 bridgehead atoms. The lowest BCUT2D eigenvalue weighted by Crippen LogP contribution is -2.62. The highest BCUT2D eigenvalue weighted by Gasteiger charge is 2.48. The minimum absolute atomic E-state index is 0.139. The van der Waals surface area contributed by atoms with Gasteiger partial charge in [0.25, 0.3) is 0 Å². The molecule has 3 rings (SSSR count). The lowest BCUT2D eigenvalue weighted by atomic mass is 9.67. The molecule has 0 saturated carbocycles. The summed E-state index contributed by atoms with van der Waals surface area (Å²) in [5.74, 6) is 0.0482. The summed E-state index contributed by atoms with van der Waals surface area (Å²) >= 11 is 5.93. The minimum atomic E-state index is -1.13. The van der Waals surface area contributed by atoms with Gasteiger partial charge in [-0.25, -0.2) is 4.39 Å². The van der Waals surface area contributed by atoms with Gasteiger partial charge in [-0.1, -0.05) is 37.3 Å². The lowest BCUT2D eigenvalue weighted by Gasteiger charge is -2.51. The molecule has 5 nitrogen and oxygen atoms in total. The van der Waals surface area contributed by atoms with Crippen molar-refractivity contribution in [3.05, 3.63) is 36.1 Å². The van der Waals surface area contributed by atoms with Crippen LogP contribution < -0.4 is 4.74 Å². The zero-order valence-corrected chi connectivity index (χ0v) is 15.7. The van der Waals surface area contributed by atoms with Crippen LogP contribution in [0, 0.1) is 5.92 Å². The number of nitrogens with zero attached hydrogens (tertiary/aromatic N) is 3. The maximum absolute atomic E-state index is 15.4. The smallest absolute Gasteiger partial charge is 0.376 e. The van der Waals surface area contributed by atoms with E-state index in [9.17, 15) is 5.02 Å². The van der Waals surface area contributed by atoms with Crippen LogP contribution >= 0.6 is 11.6 Å². The number of allylic oxidation sites excluding steroid dienone is 1. The van der Waals surface area contributed by atoms with Crippen molar-refractivity contribution in [2.45, 2.75) is 50.8 Å². The lowest BCUT2D eigenvalue weighted by molar-refractivity contribution is 0.0129. The molecule has 1 N–H and O–H groups in total. The highest BCUT2D eigenvalue weighted by Crippen LogP contribution is 2.44. The summed E-state index contributed by atoms with van der Waals surface area (Å²) < 4.78 is 21.0. The Bertz CT molecular complexity index is 690. The molecule has 0 radical (unpaired) electrons. The first-order valence-corrected chi connectivity index (χ1v) is 9.37. The Hall–Kier alpha value is -1.44. The van der Waals surface area contributed by atoms with E-state index < -0.39 is 13.2 Å². The number of ether oxygens (including phenoxy) is 1. The van der Waals surface area contributed by atoms with Crippen LogP contribution in [-0.2, 0) is 0 Å². The van der Waals surface area contributed by atoms with Crippen LogP contribution in [0.2, 0.25) is 12.0 Å². The molecule has 8 heteroatoms. The summed E-state index contributed by atoms with van der Waals surface area (Å²) in [6.07, 6.45) is 3.74. The molecule has 26 heavy (non-hydrogen) atoms. The third kappa shape index (κ3) is 3.66. The number of fused-ring (bicyclic) bond motifs is 2. The van der Waals surface area contributed by atoms with Crippen molar-refractivity contribution < 1.29 is 14.2 Å². The molecular weight excluding hydrogens is 355 g/mol. The fourth-order valence-electron chi connectivity index (χ4n) is 4.31. The molecule has 1 aromatic heterocycles. The summed E-state index contributed by atoms with van der Waals surface area (Å²) in [6.45, 7) is 9.75. The van der Waals surface area contributed by atoms with Gasteiger partial charge in [0, 0.05) is 24.1 Å². The Kier molecular flexibility index (Phi) is 6.00. The summed E-state index contributed by atoms with van der Waals surface area (Å²) in [6, 6.07) is 1.40. The molecule has 2 aliphatic rings. The summed E-state index contributed by atoms with van der Waals surface area (Å²) in [4.78, 5) is 1.92. The first-order chi connectivity index (χ1) is 12.4. The van der Waals surface area contributed by atoms with Crippen LogP contribution in [0.5, 0.6) is 5.75 Å². The molecule has 2 fully saturated rings. The van der Waals surface area contributed by atoms with Gasteiger partial charge in [0.2, 0.25) is 0 Å². The second-order valence-corrected chi connectivity index (χ2v) is 7.41. The van der Waals surface area contributed by atoms with Gasteiger partial charge in [-0.05, 0) is 31.7 Å². The van der Waals surface area contributed by atoms with E-state index in [1.165, 1.54) is 0 Å². The Morgan fingerprint density at radius 3 is 3.00 bits per heavy atom. The predicted octanol–water partition coefficient (Wildman–Crippen LogP) is 3.40. The van der Waals surface area contributed by atoms with E-state index in [1.807, 2.05) is 4.81 Å². The van der Waals surface area contributed by atoms with Crippen LogP contribution in [0.4, 0.5) is 4.39 Å². The second-order valence-electron chi connectivity index (χ2n) is 7.02. The Morgan fingerprint density at radius 2 is 2.31 bits per heavy atom. The van der Waals surface area contributed by atoms with Gasteiger partial charge < -0.3 is 14.6 Å². The number of halogens is 2. The van der Waals surface area contributed by atoms with E-state index in [-0.39, 0.29) is 29.8 Å². The van der Waals surface area contributed by atoms with E-state index in [0.29, 0.717) is 23.4 Å². The number of hydrogen-bond acceptors (Lipinski definition) is 5. The van der Waals surface area contributed by atoms with E-state index in [4.69, 9.17) is 16.3 Å². The SMILES string of the molecule is C=CCOc1cc(Cl)nnc1C(=C)[C@@H]1CC2CCC[C@@H]([C@@H]1F)N2B(C)O. The van der Waals surface area contributed by atoms with Gasteiger partial charge in [0.1, 0.15) is 18.5 Å². The highest BCUT2D eigenvalue weighted by atomic mass is 35.5. The topological polar surface area (TPSA) is 58.5 Å². The molecule has 1 aromatic rings. The number of aromatic nitrogens is 2. The van der Waals surface area contributed by atoms with Crippen LogP contribution in [0.15, 0.2) is 25.3 Å². The minimum Gasteiger partial charge on any atom is -0.487 e. The number of rotatable bonds is 6. The van der Waals surface area contributed by atoms with Crippen LogP contribution in [0.25, 0.3) is 5.57 Å². The molecule has 0 aliphatic carbocycles. The standard InChI is InChI=1S/C18H24BClFN3O2/c1-4-8-26-15-10-16(20)22-23-18(15)11(2)13-9-12-6-5-7-14(17(13)21)24(12)19(3)25/h4,10,12-14,17,25H,1-2,5-9H2,3H3/t12?,13-,14-,17+/m0/s1. The van der Waals surface area contributed by atoms with Gasteiger partial charge in [-0.2, -0.15) is 0 Å². The van der Waals surface area contributed by atoms with Crippen LogP contribution in [0.1, 0.15) is 31.4 Å². The number of piperidine rings is 2. The summed E-state index contributed by atoms with van der Waals surface area (Å²) in [5.41, 5.74) is 1.01. The van der Waals surface area contributed by atoms with E-state index in [2.05, 4.69) is 23.4 Å². The van der Waals surface area contributed by atoms with Gasteiger partial charge in [-0.3, -0.25) is 0 Å². The molecule has 3 heterocycles. The van der Waals surface area contributed by atoms with Crippen molar-refractivity contribution in [3.8, 4) is 5.75 Å².